The molecule has 0 aromatic heterocycles. The van der Waals surface area contributed by atoms with Crippen molar-refractivity contribution in [3.8, 4) is 0 Å². The smallest absolute Gasteiger partial charge is 0.114 e. The summed E-state index contributed by atoms with van der Waals surface area (Å²) >= 11 is 0. The third-order valence-electron chi connectivity index (χ3n) is 1.74. The third kappa shape index (κ3) is 11.4. The summed E-state index contributed by atoms with van der Waals surface area (Å²) in [6.07, 6.45) is 0.990. The third-order valence-corrected chi connectivity index (χ3v) is 1.74. The maximum absolute atomic E-state index is 4.93. The number of oxime groups is 1. The molecule has 0 aromatic rings. The molecule has 0 saturated carbocycles. The maximum Gasteiger partial charge on any atom is 0.114 e. The van der Waals surface area contributed by atoms with Crippen LogP contribution in [-0.2, 0) is 4.84 Å². The van der Waals surface area contributed by atoms with Crippen LogP contribution in [0.25, 0.3) is 0 Å². The molecule has 0 saturated heterocycles. The van der Waals surface area contributed by atoms with Gasteiger partial charge in [0.15, 0.2) is 0 Å². The Morgan fingerprint density at radius 3 is 2.29 bits per heavy atom. The fraction of sp³-hybridized carbons (Fsp3) is 0.909. The second-order valence-electron chi connectivity index (χ2n) is 2.89. The van der Waals surface area contributed by atoms with Gasteiger partial charge in [-0.05, 0) is 27.4 Å². The molecule has 0 aliphatic rings. The SMILES string of the molecule is CC.CCO/N=C(/C)CCN(C)CC. The van der Waals surface area contributed by atoms with E-state index in [1.54, 1.807) is 0 Å². The van der Waals surface area contributed by atoms with Gasteiger partial charge in [0.1, 0.15) is 6.61 Å². The molecular weight excluding hydrogens is 176 g/mol. The summed E-state index contributed by atoms with van der Waals surface area (Å²) in [5.41, 5.74) is 1.07. The first-order valence-electron chi connectivity index (χ1n) is 5.54. The summed E-state index contributed by atoms with van der Waals surface area (Å²) in [6.45, 7) is 12.9. The first-order valence-corrected chi connectivity index (χ1v) is 5.54. The van der Waals surface area contributed by atoms with E-state index in [0.29, 0.717) is 6.61 Å². The predicted octanol–water partition coefficient (Wildman–Crippen LogP) is 2.77. The molecule has 0 fully saturated rings. The van der Waals surface area contributed by atoms with Gasteiger partial charge in [0.05, 0.1) is 5.71 Å². The van der Waals surface area contributed by atoms with E-state index in [0.717, 1.165) is 25.2 Å². The van der Waals surface area contributed by atoms with Gasteiger partial charge in [-0.1, -0.05) is 25.9 Å². The van der Waals surface area contributed by atoms with Gasteiger partial charge in [0.25, 0.3) is 0 Å². The van der Waals surface area contributed by atoms with Crippen molar-refractivity contribution in [2.75, 3.05) is 26.7 Å². The molecule has 3 nitrogen and oxygen atoms in total. The zero-order chi connectivity index (χ0) is 11.4. The van der Waals surface area contributed by atoms with Crippen molar-refractivity contribution in [2.45, 2.75) is 41.0 Å². The van der Waals surface area contributed by atoms with Crippen LogP contribution in [0.5, 0.6) is 0 Å². The Hall–Kier alpha value is -0.570. The van der Waals surface area contributed by atoms with Crippen molar-refractivity contribution in [1.29, 1.82) is 0 Å². The van der Waals surface area contributed by atoms with Gasteiger partial charge >= 0.3 is 0 Å². The van der Waals surface area contributed by atoms with Crippen molar-refractivity contribution in [3.05, 3.63) is 0 Å². The van der Waals surface area contributed by atoms with E-state index in [1.807, 2.05) is 27.7 Å². The van der Waals surface area contributed by atoms with Gasteiger partial charge in [-0.25, -0.2) is 0 Å². The van der Waals surface area contributed by atoms with E-state index >= 15 is 0 Å². The summed E-state index contributed by atoms with van der Waals surface area (Å²) in [5, 5.41) is 3.94. The lowest BCUT2D eigenvalue weighted by molar-refractivity contribution is 0.157. The van der Waals surface area contributed by atoms with Crippen molar-refractivity contribution in [2.24, 2.45) is 5.16 Å². The van der Waals surface area contributed by atoms with Gasteiger partial charge in [-0.3, -0.25) is 0 Å². The zero-order valence-corrected chi connectivity index (χ0v) is 10.6. The molecular formula is C11H26N2O. The van der Waals surface area contributed by atoms with Crippen molar-refractivity contribution in [3.63, 3.8) is 0 Å². The highest BCUT2D eigenvalue weighted by Gasteiger charge is 1.96. The minimum absolute atomic E-state index is 0.654. The van der Waals surface area contributed by atoms with Crippen molar-refractivity contribution >= 4 is 5.71 Å². The number of rotatable bonds is 6. The Bertz CT molecular complexity index is 135. The van der Waals surface area contributed by atoms with E-state index in [1.165, 1.54) is 0 Å². The molecule has 14 heavy (non-hydrogen) atoms. The largest absolute Gasteiger partial charge is 0.396 e. The van der Waals surface area contributed by atoms with E-state index < -0.39 is 0 Å². The molecule has 3 heteroatoms. The fourth-order valence-corrected chi connectivity index (χ4v) is 0.731. The average Bonchev–Trinajstić information content (AvgIpc) is 2.25. The monoisotopic (exact) mass is 202 g/mol. The molecule has 0 radical (unpaired) electrons. The molecule has 0 rings (SSSR count). The van der Waals surface area contributed by atoms with Crippen LogP contribution in [-0.4, -0.2) is 37.4 Å². The van der Waals surface area contributed by atoms with Crippen LogP contribution < -0.4 is 0 Å². The van der Waals surface area contributed by atoms with Crippen LogP contribution >= 0.6 is 0 Å². The van der Waals surface area contributed by atoms with E-state index in [9.17, 15) is 0 Å². The second kappa shape index (κ2) is 12.4. The maximum atomic E-state index is 4.93. The van der Waals surface area contributed by atoms with Gasteiger partial charge < -0.3 is 9.74 Å². The minimum Gasteiger partial charge on any atom is -0.396 e. The number of nitrogens with zero attached hydrogens (tertiary/aromatic N) is 2. The topological polar surface area (TPSA) is 24.8 Å². The van der Waals surface area contributed by atoms with Gasteiger partial charge in [-0.2, -0.15) is 0 Å². The summed E-state index contributed by atoms with van der Waals surface area (Å²) in [4.78, 5) is 7.19. The Morgan fingerprint density at radius 1 is 1.29 bits per heavy atom. The summed E-state index contributed by atoms with van der Waals surface area (Å²) in [7, 11) is 2.11. The first-order chi connectivity index (χ1) is 6.70. The second-order valence-corrected chi connectivity index (χ2v) is 2.89. The van der Waals surface area contributed by atoms with Gasteiger partial charge in [0, 0.05) is 13.0 Å². The van der Waals surface area contributed by atoms with E-state index in [2.05, 4.69) is 24.0 Å². The van der Waals surface area contributed by atoms with Crippen LogP contribution in [0.1, 0.15) is 41.0 Å². The fourth-order valence-electron chi connectivity index (χ4n) is 0.731. The Labute approximate surface area is 89.1 Å². The minimum atomic E-state index is 0.654. The van der Waals surface area contributed by atoms with Crippen molar-refractivity contribution in [1.82, 2.24) is 4.90 Å². The Balaban J connectivity index is 0. The van der Waals surface area contributed by atoms with Crippen LogP contribution in [0.15, 0.2) is 5.16 Å². The molecule has 0 aromatic carbocycles. The lowest BCUT2D eigenvalue weighted by Crippen LogP contribution is -2.20. The predicted molar refractivity (Wildman–Crippen MR) is 63.9 cm³/mol. The molecule has 0 spiro atoms. The summed E-state index contributed by atoms with van der Waals surface area (Å²) < 4.78 is 0. The highest BCUT2D eigenvalue weighted by Crippen LogP contribution is 1.91. The van der Waals surface area contributed by atoms with Crippen LogP contribution in [0.3, 0.4) is 0 Å². The Morgan fingerprint density at radius 2 is 1.86 bits per heavy atom. The first kappa shape index (κ1) is 15.9. The zero-order valence-electron chi connectivity index (χ0n) is 10.6. The Kier molecular flexibility index (Phi) is 14.1. The quantitative estimate of drug-likeness (QED) is 0.489. The van der Waals surface area contributed by atoms with E-state index in [-0.39, 0.29) is 0 Å². The molecule has 0 bridgehead atoms. The summed E-state index contributed by atoms with van der Waals surface area (Å²) in [5.74, 6) is 0. The molecule has 0 heterocycles. The molecule has 0 atom stereocenters. The van der Waals surface area contributed by atoms with Gasteiger partial charge in [-0.15, -0.1) is 0 Å². The van der Waals surface area contributed by atoms with Crippen molar-refractivity contribution < 1.29 is 4.84 Å². The van der Waals surface area contributed by atoms with Crippen LogP contribution in [0, 0.1) is 0 Å². The highest BCUT2D eigenvalue weighted by molar-refractivity contribution is 5.81. The molecule has 86 valence electrons. The molecule has 0 unspecified atom stereocenters. The van der Waals surface area contributed by atoms with Crippen LogP contribution in [0.4, 0.5) is 0 Å². The normalized spacial score (nSPS) is 10.9. The summed E-state index contributed by atoms with van der Waals surface area (Å²) in [6, 6.07) is 0. The molecule has 0 aliphatic carbocycles. The standard InChI is InChI=1S/C9H20N2O.C2H6/c1-5-11(4)8-7-9(3)10-12-6-2;1-2/h5-8H2,1-4H3;1-2H3/b10-9-;. The molecule has 0 N–H and O–H groups in total. The van der Waals surface area contributed by atoms with E-state index in [4.69, 9.17) is 4.84 Å². The average molecular weight is 202 g/mol. The number of hydrogen-bond donors (Lipinski definition) is 0. The lowest BCUT2D eigenvalue weighted by atomic mass is 10.3. The highest BCUT2D eigenvalue weighted by atomic mass is 16.6. The van der Waals surface area contributed by atoms with Crippen LogP contribution in [0.2, 0.25) is 0 Å². The number of hydrogen-bond acceptors (Lipinski definition) is 3. The van der Waals surface area contributed by atoms with Gasteiger partial charge in [0.2, 0.25) is 0 Å². The molecule has 0 amide bonds. The lowest BCUT2D eigenvalue weighted by Gasteiger charge is -2.12. The molecule has 0 aliphatic heterocycles.